The molecule has 2 heteroatoms. The summed E-state index contributed by atoms with van der Waals surface area (Å²) in [5, 5.41) is 0. The van der Waals surface area contributed by atoms with Crippen LogP contribution in [0.4, 0.5) is 0 Å². The summed E-state index contributed by atoms with van der Waals surface area (Å²) in [6.45, 7) is 3.01. The van der Waals surface area contributed by atoms with Crippen LogP contribution in [0.2, 0.25) is 0 Å². The molecule has 2 nitrogen and oxygen atoms in total. The molecular formula is C18H20O2. The zero-order chi connectivity index (χ0) is 14.2. The van der Waals surface area contributed by atoms with Crippen molar-refractivity contribution < 1.29 is 9.53 Å². The van der Waals surface area contributed by atoms with Gasteiger partial charge in [0.1, 0.15) is 0 Å². The van der Waals surface area contributed by atoms with E-state index in [1.165, 1.54) is 11.1 Å². The van der Waals surface area contributed by atoms with Crippen molar-refractivity contribution in [2.24, 2.45) is 0 Å². The second-order valence-corrected chi connectivity index (χ2v) is 4.89. The monoisotopic (exact) mass is 268 g/mol. The lowest BCUT2D eigenvalue weighted by atomic mass is 10.1. The molecule has 0 aliphatic rings. The molecule has 20 heavy (non-hydrogen) atoms. The van der Waals surface area contributed by atoms with Gasteiger partial charge in [0.2, 0.25) is 0 Å². The van der Waals surface area contributed by atoms with Gasteiger partial charge in [-0.1, -0.05) is 54.6 Å². The second kappa shape index (κ2) is 7.61. The number of carbonyl (C=O) groups excluding carboxylic acids is 1. The summed E-state index contributed by atoms with van der Waals surface area (Å²) in [4.78, 5) is 11.2. The van der Waals surface area contributed by atoms with E-state index >= 15 is 0 Å². The highest BCUT2D eigenvalue weighted by atomic mass is 16.5. The highest BCUT2D eigenvalue weighted by Gasteiger charge is 1.99. The van der Waals surface area contributed by atoms with E-state index in [1.807, 2.05) is 42.5 Å². The van der Waals surface area contributed by atoms with Crippen molar-refractivity contribution in [3.05, 3.63) is 71.3 Å². The molecule has 0 unspecified atom stereocenters. The van der Waals surface area contributed by atoms with Crippen molar-refractivity contribution in [3.63, 3.8) is 0 Å². The van der Waals surface area contributed by atoms with Gasteiger partial charge < -0.3 is 4.74 Å². The number of Topliss-reactive ketones (excluding diaryl/α,β-unsaturated/α-hetero) is 1. The Bertz CT molecular complexity index is 529. The van der Waals surface area contributed by atoms with Gasteiger partial charge in [0, 0.05) is 12.2 Å². The first-order valence-corrected chi connectivity index (χ1v) is 6.97. The number of carbonyl (C=O) groups is 1. The van der Waals surface area contributed by atoms with Gasteiger partial charge in [-0.05, 0) is 30.9 Å². The Balaban J connectivity index is 1.67. The molecule has 2 aromatic rings. The molecule has 0 saturated heterocycles. The molecule has 0 N–H and O–H groups in total. The molecule has 0 aromatic heterocycles. The molecule has 0 fully saturated rings. The molecule has 0 atom stereocenters. The molecule has 104 valence electrons. The topological polar surface area (TPSA) is 26.3 Å². The molecule has 0 radical (unpaired) electrons. The summed E-state index contributed by atoms with van der Waals surface area (Å²) in [6, 6.07) is 18.0. The van der Waals surface area contributed by atoms with Crippen LogP contribution in [0.3, 0.4) is 0 Å². The van der Waals surface area contributed by atoms with E-state index in [0.29, 0.717) is 6.61 Å². The first-order valence-electron chi connectivity index (χ1n) is 6.97. The van der Waals surface area contributed by atoms with Gasteiger partial charge in [-0.3, -0.25) is 4.79 Å². The van der Waals surface area contributed by atoms with Crippen LogP contribution in [0.15, 0.2) is 54.6 Å². The van der Waals surface area contributed by atoms with Gasteiger partial charge in [-0.25, -0.2) is 0 Å². The van der Waals surface area contributed by atoms with Crippen LogP contribution in [0.5, 0.6) is 0 Å². The van der Waals surface area contributed by atoms with Crippen molar-refractivity contribution in [2.75, 3.05) is 6.61 Å². The minimum Gasteiger partial charge on any atom is -0.377 e. The maximum atomic E-state index is 11.2. The van der Waals surface area contributed by atoms with Gasteiger partial charge >= 0.3 is 0 Å². The maximum absolute atomic E-state index is 11.2. The van der Waals surface area contributed by atoms with Crippen LogP contribution in [-0.2, 0) is 17.8 Å². The fraction of sp³-hybridized carbons (Fsp3) is 0.278. The van der Waals surface area contributed by atoms with Gasteiger partial charge in [0.05, 0.1) is 6.61 Å². The van der Waals surface area contributed by atoms with Gasteiger partial charge in [-0.15, -0.1) is 0 Å². The molecule has 0 heterocycles. The Labute approximate surface area is 120 Å². The average Bonchev–Trinajstić information content (AvgIpc) is 2.48. The smallest absolute Gasteiger partial charge is 0.159 e. The molecule has 0 spiro atoms. The van der Waals surface area contributed by atoms with Gasteiger partial charge in [-0.2, -0.15) is 0 Å². The Morgan fingerprint density at radius 1 is 0.950 bits per heavy atom. The minimum atomic E-state index is 0.114. The third-order valence-electron chi connectivity index (χ3n) is 3.23. The summed E-state index contributed by atoms with van der Waals surface area (Å²) in [5.41, 5.74) is 3.23. The molecule has 0 amide bonds. The van der Waals surface area contributed by atoms with E-state index in [4.69, 9.17) is 4.74 Å². The van der Waals surface area contributed by atoms with E-state index in [1.54, 1.807) is 6.92 Å². The Morgan fingerprint density at radius 2 is 1.65 bits per heavy atom. The van der Waals surface area contributed by atoms with E-state index in [0.717, 1.165) is 25.0 Å². The predicted octanol–water partition coefficient (Wildman–Crippen LogP) is 4.04. The Morgan fingerprint density at radius 3 is 2.30 bits per heavy atom. The van der Waals surface area contributed by atoms with Crippen LogP contribution >= 0.6 is 0 Å². The number of aryl methyl sites for hydroxylation is 1. The summed E-state index contributed by atoms with van der Waals surface area (Å²) in [5.74, 6) is 0.114. The van der Waals surface area contributed by atoms with Gasteiger partial charge in [0.15, 0.2) is 5.78 Å². The normalized spacial score (nSPS) is 10.4. The van der Waals surface area contributed by atoms with Crippen LogP contribution < -0.4 is 0 Å². The molecule has 0 bridgehead atoms. The fourth-order valence-electron chi connectivity index (χ4n) is 2.05. The lowest BCUT2D eigenvalue weighted by Crippen LogP contribution is -1.98. The van der Waals surface area contributed by atoms with E-state index in [2.05, 4.69) is 12.1 Å². The zero-order valence-corrected chi connectivity index (χ0v) is 11.8. The number of benzene rings is 2. The molecular weight excluding hydrogens is 248 g/mol. The first-order chi connectivity index (χ1) is 9.75. The predicted molar refractivity (Wildman–Crippen MR) is 80.9 cm³/mol. The number of hydrogen-bond acceptors (Lipinski definition) is 2. The van der Waals surface area contributed by atoms with Crippen LogP contribution in [0.1, 0.15) is 34.8 Å². The van der Waals surface area contributed by atoms with Crippen LogP contribution in [0, 0.1) is 0 Å². The minimum absolute atomic E-state index is 0.114. The third kappa shape index (κ3) is 4.63. The van der Waals surface area contributed by atoms with E-state index in [-0.39, 0.29) is 5.78 Å². The highest BCUT2D eigenvalue weighted by molar-refractivity contribution is 5.93. The van der Waals surface area contributed by atoms with Crippen molar-refractivity contribution in [2.45, 2.75) is 26.4 Å². The summed E-state index contributed by atoms with van der Waals surface area (Å²) in [6.07, 6.45) is 1.97. The van der Waals surface area contributed by atoms with Crippen molar-refractivity contribution in [1.82, 2.24) is 0 Å². The number of ether oxygens (including phenoxy) is 1. The van der Waals surface area contributed by atoms with E-state index in [9.17, 15) is 4.79 Å². The van der Waals surface area contributed by atoms with Crippen molar-refractivity contribution >= 4 is 5.78 Å². The molecule has 0 aliphatic heterocycles. The quantitative estimate of drug-likeness (QED) is 0.559. The number of rotatable bonds is 7. The lowest BCUT2D eigenvalue weighted by Gasteiger charge is -2.05. The Kier molecular flexibility index (Phi) is 5.51. The third-order valence-corrected chi connectivity index (χ3v) is 3.23. The summed E-state index contributed by atoms with van der Waals surface area (Å²) < 4.78 is 5.65. The lowest BCUT2D eigenvalue weighted by molar-refractivity contribution is 0.101. The van der Waals surface area contributed by atoms with Crippen LogP contribution in [-0.4, -0.2) is 12.4 Å². The highest BCUT2D eigenvalue weighted by Crippen LogP contribution is 2.08. The summed E-state index contributed by atoms with van der Waals surface area (Å²) >= 11 is 0. The maximum Gasteiger partial charge on any atom is 0.159 e. The SMILES string of the molecule is CC(=O)c1ccc(CCCOCc2ccccc2)cc1. The molecule has 2 rings (SSSR count). The average molecular weight is 268 g/mol. The molecule has 0 aliphatic carbocycles. The van der Waals surface area contributed by atoms with Crippen molar-refractivity contribution in [3.8, 4) is 0 Å². The second-order valence-electron chi connectivity index (χ2n) is 4.89. The molecule has 2 aromatic carbocycles. The number of ketones is 1. The Hall–Kier alpha value is -1.93. The standard InChI is InChI=1S/C18H20O2/c1-15(19)18-11-9-16(10-12-18)8-5-13-20-14-17-6-3-2-4-7-17/h2-4,6-7,9-12H,5,8,13-14H2,1H3. The largest absolute Gasteiger partial charge is 0.377 e. The summed E-state index contributed by atoms with van der Waals surface area (Å²) in [7, 11) is 0. The van der Waals surface area contributed by atoms with E-state index < -0.39 is 0 Å². The fourth-order valence-corrected chi connectivity index (χ4v) is 2.05. The van der Waals surface area contributed by atoms with Crippen molar-refractivity contribution in [1.29, 1.82) is 0 Å². The van der Waals surface area contributed by atoms with Crippen LogP contribution in [0.25, 0.3) is 0 Å². The zero-order valence-electron chi connectivity index (χ0n) is 11.8. The first kappa shape index (κ1) is 14.5. The number of hydrogen-bond donors (Lipinski definition) is 0. The van der Waals surface area contributed by atoms with Gasteiger partial charge in [0.25, 0.3) is 0 Å². The molecule has 0 saturated carbocycles.